The maximum Gasteiger partial charge on any atom is 0.407 e. The monoisotopic (exact) mass is 319 g/mol. The summed E-state index contributed by atoms with van der Waals surface area (Å²) in [6.45, 7) is 2.18. The van der Waals surface area contributed by atoms with Gasteiger partial charge in [0.15, 0.2) is 0 Å². The highest BCUT2D eigenvalue weighted by Crippen LogP contribution is 2.40. The van der Waals surface area contributed by atoms with Crippen molar-refractivity contribution in [2.24, 2.45) is 5.41 Å². The lowest BCUT2D eigenvalue weighted by molar-refractivity contribution is -0.157. The van der Waals surface area contributed by atoms with Crippen LogP contribution in [0.4, 0.5) is 4.79 Å². The maximum absolute atomic E-state index is 12.3. The zero-order chi connectivity index (χ0) is 16.7. The summed E-state index contributed by atoms with van der Waals surface area (Å²) in [5.41, 5.74) is 0.291. The average molecular weight is 319 g/mol. The van der Waals surface area contributed by atoms with E-state index in [0.717, 1.165) is 31.2 Å². The van der Waals surface area contributed by atoms with Crippen molar-refractivity contribution < 1.29 is 19.1 Å². The van der Waals surface area contributed by atoms with Crippen LogP contribution < -0.4 is 5.32 Å². The molecule has 23 heavy (non-hydrogen) atoms. The minimum absolute atomic E-state index is 0.219. The molecule has 1 aliphatic carbocycles. The van der Waals surface area contributed by atoms with Gasteiger partial charge in [0.2, 0.25) is 0 Å². The van der Waals surface area contributed by atoms with Gasteiger partial charge in [-0.25, -0.2) is 4.79 Å². The van der Waals surface area contributed by atoms with E-state index in [0.29, 0.717) is 6.42 Å². The fraction of sp³-hybridized carbons (Fsp3) is 0.556. The smallest absolute Gasteiger partial charge is 0.407 e. The van der Waals surface area contributed by atoms with Crippen LogP contribution in [0.25, 0.3) is 0 Å². The van der Waals surface area contributed by atoms with E-state index in [2.05, 4.69) is 5.32 Å². The number of benzene rings is 1. The average Bonchev–Trinajstić information content (AvgIpc) is 2.60. The second-order valence-corrected chi connectivity index (χ2v) is 6.01. The molecule has 0 spiro atoms. The van der Waals surface area contributed by atoms with Gasteiger partial charge in [-0.15, -0.1) is 0 Å². The number of carbonyl (C=O) groups excluding carboxylic acids is 2. The highest BCUT2D eigenvalue weighted by atomic mass is 16.5. The summed E-state index contributed by atoms with van der Waals surface area (Å²) in [5, 5.41) is 2.88. The Hall–Kier alpha value is -2.04. The number of ether oxygens (including phenoxy) is 2. The molecule has 0 radical (unpaired) electrons. The molecule has 0 aromatic heterocycles. The summed E-state index contributed by atoms with van der Waals surface area (Å²) < 4.78 is 10.3. The zero-order valence-electron chi connectivity index (χ0n) is 13.8. The van der Waals surface area contributed by atoms with Gasteiger partial charge in [-0.05, 0) is 24.8 Å². The molecule has 1 saturated carbocycles. The molecule has 2 atom stereocenters. The van der Waals surface area contributed by atoms with Gasteiger partial charge in [0.1, 0.15) is 6.61 Å². The molecular formula is C18H25NO4. The van der Waals surface area contributed by atoms with Crippen molar-refractivity contribution in [2.45, 2.75) is 51.7 Å². The van der Waals surface area contributed by atoms with Crippen LogP contribution in [0.3, 0.4) is 0 Å². The molecular weight excluding hydrogens is 294 g/mol. The van der Waals surface area contributed by atoms with Crippen LogP contribution in [0.15, 0.2) is 30.3 Å². The van der Waals surface area contributed by atoms with Crippen molar-refractivity contribution in [3.05, 3.63) is 35.9 Å². The number of rotatable bonds is 5. The van der Waals surface area contributed by atoms with E-state index < -0.39 is 11.5 Å². The molecule has 0 heterocycles. The normalized spacial score (nSPS) is 23.8. The Kier molecular flexibility index (Phi) is 6.02. The second-order valence-electron chi connectivity index (χ2n) is 6.01. The first kappa shape index (κ1) is 17.3. The van der Waals surface area contributed by atoms with Crippen LogP contribution >= 0.6 is 0 Å². The number of carbonyl (C=O) groups is 2. The van der Waals surface area contributed by atoms with E-state index in [9.17, 15) is 9.59 Å². The Bertz CT molecular complexity index is 531. The number of alkyl carbamates (subject to hydrolysis) is 1. The van der Waals surface area contributed by atoms with Crippen molar-refractivity contribution in [3.63, 3.8) is 0 Å². The van der Waals surface area contributed by atoms with E-state index in [-0.39, 0.29) is 18.6 Å². The summed E-state index contributed by atoms with van der Waals surface area (Å²) in [6, 6.07) is 9.28. The SMILES string of the molecule is CC[C@@]1(C(=O)OC)CCCC[C@@H]1NC(=O)OCc1ccccc1. The Balaban J connectivity index is 1.98. The summed E-state index contributed by atoms with van der Waals surface area (Å²) in [6.07, 6.45) is 3.62. The number of amides is 1. The highest BCUT2D eigenvalue weighted by molar-refractivity contribution is 5.79. The molecule has 1 aromatic rings. The molecule has 5 nitrogen and oxygen atoms in total. The fourth-order valence-corrected chi connectivity index (χ4v) is 3.37. The molecule has 1 fully saturated rings. The van der Waals surface area contributed by atoms with Crippen molar-refractivity contribution in [1.29, 1.82) is 0 Å². The van der Waals surface area contributed by atoms with Gasteiger partial charge in [0.25, 0.3) is 0 Å². The van der Waals surface area contributed by atoms with E-state index in [1.165, 1.54) is 7.11 Å². The minimum atomic E-state index is -0.640. The number of hydrogen-bond acceptors (Lipinski definition) is 4. The van der Waals surface area contributed by atoms with Crippen LogP contribution in [-0.4, -0.2) is 25.2 Å². The third-order valence-corrected chi connectivity index (χ3v) is 4.76. The summed E-state index contributed by atoms with van der Waals surface area (Å²) in [5.74, 6) is -0.243. The molecule has 2 rings (SSSR count). The van der Waals surface area contributed by atoms with Gasteiger partial charge in [-0.3, -0.25) is 4.79 Å². The minimum Gasteiger partial charge on any atom is -0.469 e. The first-order chi connectivity index (χ1) is 11.1. The van der Waals surface area contributed by atoms with Crippen molar-refractivity contribution in [2.75, 3.05) is 7.11 Å². The summed E-state index contributed by atoms with van der Waals surface area (Å²) >= 11 is 0. The Morgan fingerprint density at radius 3 is 2.65 bits per heavy atom. The fourth-order valence-electron chi connectivity index (χ4n) is 3.37. The number of esters is 1. The van der Waals surface area contributed by atoms with Gasteiger partial charge in [0, 0.05) is 6.04 Å². The van der Waals surface area contributed by atoms with Gasteiger partial charge in [-0.1, -0.05) is 50.1 Å². The molecule has 5 heteroatoms. The molecule has 0 bridgehead atoms. The van der Waals surface area contributed by atoms with Crippen molar-refractivity contribution >= 4 is 12.1 Å². The topological polar surface area (TPSA) is 64.6 Å². The molecule has 0 unspecified atom stereocenters. The molecule has 1 aliphatic rings. The lowest BCUT2D eigenvalue weighted by Gasteiger charge is -2.41. The van der Waals surface area contributed by atoms with Crippen LogP contribution in [0.5, 0.6) is 0 Å². The zero-order valence-corrected chi connectivity index (χ0v) is 13.8. The van der Waals surface area contributed by atoms with E-state index >= 15 is 0 Å². The lowest BCUT2D eigenvalue weighted by Crippen LogP contribution is -2.54. The first-order valence-electron chi connectivity index (χ1n) is 8.18. The van der Waals surface area contributed by atoms with Gasteiger partial charge < -0.3 is 14.8 Å². The lowest BCUT2D eigenvalue weighted by atomic mass is 9.68. The Morgan fingerprint density at radius 2 is 2.00 bits per heavy atom. The second kappa shape index (κ2) is 7.99. The summed E-state index contributed by atoms with van der Waals surface area (Å²) in [7, 11) is 1.40. The standard InChI is InChI=1S/C18H25NO4/c1-3-18(16(20)22-2)12-8-7-11-15(18)19-17(21)23-13-14-9-5-4-6-10-14/h4-6,9-10,15H,3,7-8,11-13H2,1-2H3,(H,19,21)/t15-,18+/m0/s1. The predicted octanol–water partition coefficient (Wildman–Crippen LogP) is 3.42. The van der Waals surface area contributed by atoms with Crippen LogP contribution in [0.2, 0.25) is 0 Å². The van der Waals surface area contributed by atoms with Crippen LogP contribution in [0, 0.1) is 5.41 Å². The molecule has 126 valence electrons. The Morgan fingerprint density at radius 1 is 1.26 bits per heavy atom. The number of nitrogens with one attached hydrogen (secondary N) is 1. The highest BCUT2D eigenvalue weighted by Gasteiger charge is 2.47. The first-order valence-corrected chi connectivity index (χ1v) is 8.18. The van der Waals surface area contributed by atoms with Gasteiger partial charge >= 0.3 is 12.1 Å². The number of methoxy groups -OCH3 is 1. The van der Waals surface area contributed by atoms with Crippen LogP contribution in [0.1, 0.15) is 44.6 Å². The quantitative estimate of drug-likeness (QED) is 0.845. The molecule has 0 aliphatic heterocycles. The van der Waals surface area contributed by atoms with Gasteiger partial charge in [0.05, 0.1) is 12.5 Å². The van der Waals surface area contributed by atoms with Crippen LogP contribution in [-0.2, 0) is 20.9 Å². The van der Waals surface area contributed by atoms with Crippen molar-refractivity contribution in [1.82, 2.24) is 5.32 Å². The maximum atomic E-state index is 12.3. The third kappa shape index (κ3) is 4.03. The van der Waals surface area contributed by atoms with Crippen molar-refractivity contribution in [3.8, 4) is 0 Å². The van der Waals surface area contributed by atoms with E-state index in [1.807, 2.05) is 37.3 Å². The van der Waals surface area contributed by atoms with Gasteiger partial charge in [-0.2, -0.15) is 0 Å². The predicted molar refractivity (Wildman–Crippen MR) is 86.8 cm³/mol. The largest absolute Gasteiger partial charge is 0.469 e. The summed E-state index contributed by atoms with van der Waals surface area (Å²) in [4.78, 5) is 24.4. The molecule has 1 amide bonds. The van der Waals surface area contributed by atoms with E-state index in [4.69, 9.17) is 9.47 Å². The molecule has 1 aromatic carbocycles. The Labute approximate surface area is 137 Å². The third-order valence-electron chi connectivity index (χ3n) is 4.76. The van der Waals surface area contributed by atoms with E-state index in [1.54, 1.807) is 0 Å². The molecule has 0 saturated heterocycles. The molecule has 1 N–H and O–H groups in total. The number of hydrogen-bond donors (Lipinski definition) is 1.